The number of ether oxygens (including phenoxy) is 2. The normalized spacial score (nSPS) is 25.5. The molecule has 1 aromatic carbocycles. The van der Waals surface area contributed by atoms with Gasteiger partial charge in [0, 0.05) is 58.1 Å². The van der Waals surface area contributed by atoms with E-state index in [9.17, 15) is 18.0 Å². The summed E-state index contributed by atoms with van der Waals surface area (Å²) >= 11 is 0. The number of rotatable bonds is 3. The van der Waals surface area contributed by atoms with E-state index in [1.807, 2.05) is 0 Å². The van der Waals surface area contributed by atoms with Gasteiger partial charge in [-0.25, -0.2) is 8.42 Å². The number of piperidine rings is 1. The zero-order chi connectivity index (χ0) is 22.5. The zero-order valence-electron chi connectivity index (χ0n) is 18.3. The average Bonchev–Trinajstić information content (AvgIpc) is 3.53. The van der Waals surface area contributed by atoms with Gasteiger partial charge in [0.2, 0.25) is 21.8 Å². The second-order valence-corrected chi connectivity index (χ2v) is 10.9. The molecule has 0 saturated carbocycles. The van der Waals surface area contributed by atoms with Crippen molar-refractivity contribution < 1.29 is 27.5 Å². The number of amides is 2. The lowest BCUT2D eigenvalue weighted by Gasteiger charge is -2.39. The lowest BCUT2D eigenvalue weighted by Crippen LogP contribution is -2.54. The first-order valence-electron chi connectivity index (χ1n) is 11.3. The highest BCUT2D eigenvalue weighted by Gasteiger charge is 2.45. The summed E-state index contributed by atoms with van der Waals surface area (Å²) in [6, 6.07) is 4.19. The Morgan fingerprint density at radius 1 is 1.03 bits per heavy atom. The number of fused-ring (bicyclic) bond motifs is 1. The van der Waals surface area contributed by atoms with E-state index in [1.54, 1.807) is 23.1 Å². The summed E-state index contributed by atoms with van der Waals surface area (Å²) in [4.78, 5) is 29.4. The van der Waals surface area contributed by atoms with Gasteiger partial charge in [0.25, 0.3) is 0 Å². The molecule has 4 heterocycles. The van der Waals surface area contributed by atoms with Crippen LogP contribution in [0.4, 0.5) is 5.69 Å². The molecule has 174 valence electrons. The predicted molar refractivity (Wildman–Crippen MR) is 116 cm³/mol. The van der Waals surface area contributed by atoms with Crippen molar-refractivity contribution in [3.63, 3.8) is 0 Å². The molecule has 0 aromatic heterocycles. The molecule has 0 unspecified atom stereocenters. The van der Waals surface area contributed by atoms with Crippen molar-refractivity contribution in [1.29, 1.82) is 0 Å². The third-order valence-corrected chi connectivity index (χ3v) is 8.91. The summed E-state index contributed by atoms with van der Waals surface area (Å²) in [6.07, 6.45) is 3.26. The molecule has 9 nitrogen and oxygen atoms in total. The molecule has 3 fully saturated rings. The monoisotopic (exact) mass is 463 g/mol. The molecule has 0 radical (unpaired) electrons. The fourth-order valence-corrected chi connectivity index (χ4v) is 6.89. The van der Waals surface area contributed by atoms with Gasteiger partial charge in [0.15, 0.2) is 5.79 Å². The Labute approximate surface area is 188 Å². The molecule has 3 saturated heterocycles. The molecule has 10 heteroatoms. The second kappa shape index (κ2) is 8.09. The van der Waals surface area contributed by atoms with Crippen molar-refractivity contribution in [2.24, 2.45) is 0 Å². The number of carbonyl (C=O) groups is 2. The van der Waals surface area contributed by atoms with E-state index in [-0.39, 0.29) is 16.7 Å². The van der Waals surface area contributed by atoms with E-state index < -0.39 is 21.9 Å². The van der Waals surface area contributed by atoms with E-state index in [4.69, 9.17) is 9.47 Å². The van der Waals surface area contributed by atoms with Crippen molar-refractivity contribution in [2.45, 2.75) is 55.8 Å². The first-order valence-corrected chi connectivity index (χ1v) is 12.7. The topological polar surface area (TPSA) is 96.5 Å². The molecule has 0 bridgehead atoms. The van der Waals surface area contributed by atoms with Gasteiger partial charge < -0.3 is 14.4 Å². The van der Waals surface area contributed by atoms with E-state index in [0.717, 1.165) is 18.4 Å². The number of hydrogen-bond donors (Lipinski definition) is 0. The summed E-state index contributed by atoms with van der Waals surface area (Å²) < 4.78 is 39.0. The Morgan fingerprint density at radius 2 is 1.69 bits per heavy atom. The second-order valence-electron chi connectivity index (χ2n) is 8.94. The van der Waals surface area contributed by atoms with Crippen LogP contribution in [-0.2, 0) is 35.5 Å². The fraction of sp³-hybridized carbons (Fsp3) is 0.636. The molecule has 5 rings (SSSR count). The number of likely N-dealkylation sites (tertiary alicyclic amines) is 1. The van der Waals surface area contributed by atoms with Gasteiger partial charge in [-0.05, 0) is 36.6 Å². The SMILES string of the molecule is CC(=O)N1c2ccc(S(=O)(=O)N3CCCC3)cc2C[C@H]1C(=O)N1CCC2(CC1)OCCO2. The van der Waals surface area contributed by atoms with Crippen LogP contribution < -0.4 is 4.90 Å². The fourth-order valence-electron chi connectivity index (χ4n) is 5.32. The van der Waals surface area contributed by atoms with Gasteiger partial charge >= 0.3 is 0 Å². The van der Waals surface area contributed by atoms with Crippen molar-refractivity contribution in [1.82, 2.24) is 9.21 Å². The third kappa shape index (κ3) is 3.63. The van der Waals surface area contributed by atoms with Crippen LogP contribution in [0.15, 0.2) is 23.1 Å². The van der Waals surface area contributed by atoms with Gasteiger partial charge in [-0.1, -0.05) is 0 Å². The lowest BCUT2D eigenvalue weighted by molar-refractivity contribution is -0.187. The number of sulfonamides is 1. The van der Waals surface area contributed by atoms with Crippen LogP contribution in [0.5, 0.6) is 0 Å². The van der Waals surface area contributed by atoms with Crippen LogP contribution in [0.2, 0.25) is 0 Å². The standard InChI is InChI=1S/C22H29N3O6S/c1-16(26)25-19-5-4-18(32(28,29)24-8-2-3-9-24)14-17(19)15-20(25)21(27)23-10-6-22(7-11-23)30-12-13-31-22/h4-5,14,20H,2-3,6-13,15H2,1H3/t20-/m0/s1. The minimum absolute atomic E-state index is 0.117. The van der Waals surface area contributed by atoms with E-state index in [0.29, 0.717) is 64.3 Å². The number of anilines is 1. The van der Waals surface area contributed by atoms with Gasteiger partial charge in [-0.2, -0.15) is 4.31 Å². The molecule has 2 amide bonds. The minimum Gasteiger partial charge on any atom is -0.347 e. The van der Waals surface area contributed by atoms with Gasteiger partial charge in [-0.3, -0.25) is 14.5 Å². The molecule has 0 aliphatic carbocycles. The number of benzene rings is 1. The lowest BCUT2D eigenvalue weighted by atomic mass is 10.0. The molecule has 4 aliphatic rings. The molecule has 4 aliphatic heterocycles. The first kappa shape index (κ1) is 21.8. The molecular weight excluding hydrogens is 434 g/mol. The van der Waals surface area contributed by atoms with Crippen LogP contribution in [0.1, 0.15) is 38.2 Å². The summed E-state index contributed by atoms with van der Waals surface area (Å²) in [5, 5.41) is 0. The summed E-state index contributed by atoms with van der Waals surface area (Å²) in [6.45, 7) is 4.67. The summed E-state index contributed by atoms with van der Waals surface area (Å²) in [5.74, 6) is -0.921. The smallest absolute Gasteiger partial charge is 0.246 e. The van der Waals surface area contributed by atoms with Crippen LogP contribution in [-0.4, -0.2) is 80.7 Å². The minimum atomic E-state index is -3.56. The third-order valence-electron chi connectivity index (χ3n) is 7.01. The highest BCUT2D eigenvalue weighted by atomic mass is 32.2. The predicted octanol–water partition coefficient (Wildman–Crippen LogP) is 1.11. The largest absolute Gasteiger partial charge is 0.347 e. The van der Waals surface area contributed by atoms with Crippen molar-refractivity contribution in [3.8, 4) is 0 Å². The molecule has 0 N–H and O–H groups in total. The molecule has 1 atom stereocenters. The zero-order valence-corrected chi connectivity index (χ0v) is 19.1. The van der Waals surface area contributed by atoms with Crippen molar-refractivity contribution >= 4 is 27.5 Å². The number of hydrogen-bond acceptors (Lipinski definition) is 6. The quantitative estimate of drug-likeness (QED) is 0.667. The Bertz CT molecular complexity index is 1020. The Hall–Kier alpha value is -2.01. The molecular formula is C22H29N3O6S. The number of nitrogens with zero attached hydrogens (tertiary/aromatic N) is 3. The molecule has 1 spiro atoms. The summed E-state index contributed by atoms with van der Waals surface area (Å²) in [7, 11) is -3.56. The highest BCUT2D eigenvalue weighted by molar-refractivity contribution is 7.89. The van der Waals surface area contributed by atoms with Crippen LogP contribution >= 0.6 is 0 Å². The Balaban J connectivity index is 1.36. The van der Waals surface area contributed by atoms with Crippen LogP contribution in [0.25, 0.3) is 0 Å². The molecule has 1 aromatic rings. The Kier molecular flexibility index (Phi) is 5.51. The van der Waals surface area contributed by atoms with Gasteiger partial charge in [0.05, 0.1) is 18.1 Å². The van der Waals surface area contributed by atoms with Crippen LogP contribution in [0.3, 0.4) is 0 Å². The average molecular weight is 464 g/mol. The van der Waals surface area contributed by atoms with Gasteiger partial charge in [-0.15, -0.1) is 0 Å². The maximum absolute atomic E-state index is 13.4. The van der Waals surface area contributed by atoms with Crippen LogP contribution in [0, 0.1) is 0 Å². The Morgan fingerprint density at radius 3 is 2.31 bits per heavy atom. The van der Waals surface area contributed by atoms with Crippen molar-refractivity contribution in [2.75, 3.05) is 44.3 Å². The maximum Gasteiger partial charge on any atom is 0.246 e. The van der Waals surface area contributed by atoms with Crippen molar-refractivity contribution in [3.05, 3.63) is 23.8 Å². The highest BCUT2D eigenvalue weighted by Crippen LogP contribution is 2.37. The summed E-state index contributed by atoms with van der Waals surface area (Å²) in [5.41, 5.74) is 1.34. The van der Waals surface area contributed by atoms with E-state index in [1.165, 1.54) is 16.1 Å². The first-order chi connectivity index (χ1) is 15.3. The number of carbonyl (C=O) groups excluding carboxylic acids is 2. The van der Waals surface area contributed by atoms with Gasteiger partial charge in [0.1, 0.15) is 6.04 Å². The maximum atomic E-state index is 13.4. The van der Waals surface area contributed by atoms with E-state index >= 15 is 0 Å². The van der Waals surface area contributed by atoms with E-state index in [2.05, 4.69) is 0 Å². The molecule has 32 heavy (non-hydrogen) atoms.